The zero-order chi connectivity index (χ0) is 11.3. The van der Waals surface area contributed by atoms with Crippen LogP contribution in [0.4, 0.5) is 4.39 Å². The van der Waals surface area contributed by atoms with Crippen LogP contribution in [-0.2, 0) is 11.3 Å². The standard InChI is InChI=1S/C11H15ClFNO/c1-2-8(14)6-15-7-9-10(12)4-3-5-11(9)13/h3-5,8H,2,6-7,14H2,1H3. The molecule has 1 unspecified atom stereocenters. The Morgan fingerprint density at radius 3 is 2.87 bits per heavy atom. The van der Waals surface area contributed by atoms with Crippen molar-refractivity contribution in [2.75, 3.05) is 6.61 Å². The van der Waals surface area contributed by atoms with Gasteiger partial charge < -0.3 is 10.5 Å². The number of rotatable bonds is 5. The second-order valence-electron chi connectivity index (χ2n) is 3.38. The lowest BCUT2D eigenvalue weighted by atomic mass is 10.2. The molecule has 0 aliphatic heterocycles. The van der Waals surface area contributed by atoms with E-state index in [1.54, 1.807) is 12.1 Å². The molecule has 2 nitrogen and oxygen atoms in total. The van der Waals surface area contributed by atoms with Crippen LogP contribution >= 0.6 is 11.6 Å². The Bertz CT molecular complexity index is 299. The van der Waals surface area contributed by atoms with Crippen molar-refractivity contribution in [3.8, 4) is 0 Å². The van der Waals surface area contributed by atoms with Crippen LogP contribution in [0.1, 0.15) is 18.9 Å². The van der Waals surface area contributed by atoms with Crippen molar-refractivity contribution >= 4 is 11.6 Å². The summed E-state index contributed by atoms with van der Waals surface area (Å²) in [6, 6.07) is 4.57. The molecule has 84 valence electrons. The minimum atomic E-state index is -0.340. The third-order valence-corrected chi connectivity index (χ3v) is 2.52. The average Bonchev–Trinajstić information content (AvgIpc) is 2.22. The molecule has 1 aromatic carbocycles. The smallest absolute Gasteiger partial charge is 0.130 e. The van der Waals surface area contributed by atoms with Crippen LogP contribution in [-0.4, -0.2) is 12.6 Å². The van der Waals surface area contributed by atoms with Gasteiger partial charge in [-0.1, -0.05) is 24.6 Å². The molecule has 15 heavy (non-hydrogen) atoms. The molecule has 1 atom stereocenters. The summed E-state index contributed by atoms with van der Waals surface area (Å²) in [6.07, 6.45) is 0.838. The number of nitrogens with two attached hydrogens (primary N) is 1. The number of ether oxygens (including phenoxy) is 1. The van der Waals surface area contributed by atoms with Crippen LogP contribution in [0.3, 0.4) is 0 Å². The molecule has 0 fully saturated rings. The first-order chi connectivity index (χ1) is 7.15. The van der Waals surface area contributed by atoms with Gasteiger partial charge in [0.2, 0.25) is 0 Å². The Labute approximate surface area is 94.2 Å². The second-order valence-corrected chi connectivity index (χ2v) is 3.79. The first kappa shape index (κ1) is 12.4. The summed E-state index contributed by atoms with van der Waals surface area (Å²) in [4.78, 5) is 0. The van der Waals surface area contributed by atoms with E-state index < -0.39 is 0 Å². The Hall–Kier alpha value is -0.640. The summed E-state index contributed by atoms with van der Waals surface area (Å²) in [5.74, 6) is -0.340. The SMILES string of the molecule is CCC(N)COCc1c(F)cccc1Cl. The van der Waals surface area contributed by atoms with Gasteiger partial charge in [-0.05, 0) is 18.6 Å². The van der Waals surface area contributed by atoms with Gasteiger partial charge >= 0.3 is 0 Å². The van der Waals surface area contributed by atoms with Crippen LogP contribution in [0.2, 0.25) is 5.02 Å². The van der Waals surface area contributed by atoms with Gasteiger partial charge in [0.15, 0.2) is 0 Å². The van der Waals surface area contributed by atoms with Crippen molar-refractivity contribution in [3.63, 3.8) is 0 Å². The summed E-state index contributed by atoms with van der Waals surface area (Å²) in [5, 5.41) is 0.389. The molecule has 0 spiro atoms. The quantitative estimate of drug-likeness (QED) is 0.846. The van der Waals surface area contributed by atoms with Crippen LogP contribution in [0.5, 0.6) is 0 Å². The minimum Gasteiger partial charge on any atom is -0.375 e. The maximum absolute atomic E-state index is 13.3. The van der Waals surface area contributed by atoms with Crippen molar-refractivity contribution in [3.05, 3.63) is 34.6 Å². The van der Waals surface area contributed by atoms with Crippen LogP contribution in [0.15, 0.2) is 18.2 Å². The first-order valence-corrected chi connectivity index (χ1v) is 5.29. The van der Waals surface area contributed by atoms with Gasteiger partial charge in [-0.2, -0.15) is 0 Å². The highest BCUT2D eigenvalue weighted by Gasteiger charge is 2.07. The highest BCUT2D eigenvalue weighted by Crippen LogP contribution is 2.19. The van der Waals surface area contributed by atoms with E-state index in [9.17, 15) is 4.39 Å². The summed E-state index contributed by atoms with van der Waals surface area (Å²) in [6.45, 7) is 2.56. The second kappa shape index (κ2) is 6.05. The Morgan fingerprint density at radius 1 is 1.53 bits per heavy atom. The molecule has 0 bridgehead atoms. The largest absolute Gasteiger partial charge is 0.375 e. The minimum absolute atomic E-state index is 0.00412. The Morgan fingerprint density at radius 2 is 2.27 bits per heavy atom. The number of hydrogen-bond acceptors (Lipinski definition) is 2. The number of halogens is 2. The third-order valence-electron chi connectivity index (χ3n) is 2.16. The number of hydrogen-bond donors (Lipinski definition) is 1. The monoisotopic (exact) mass is 231 g/mol. The molecule has 4 heteroatoms. The van der Waals surface area contributed by atoms with E-state index in [4.69, 9.17) is 22.1 Å². The average molecular weight is 232 g/mol. The zero-order valence-corrected chi connectivity index (χ0v) is 9.43. The lowest BCUT2D eigenvalue weighted by Crippen LogP contribution is -2.25. The van der Waals surface area contributed by atoms with Gasteiger partial charge in [-0.15, -0.1) is 0 Å². The van der Waals surface area contributed by atoms with Gasteiger partial charge in [0, 0.05) is 16.6 Å². The van der Waals surface area contributed by atoms with Gasteiger partial charge in [0.1, 0.15) is 5.82 Å². The van der Waals surface area contributed by atoms with E-state index >= 15 is 0 Å². The molecule has 0 heterocycles. The van der Waals surface area contributed by atoms with Crippen molar-refractivity contribution < 1.29 is 9.13 Å². The maximum atomic E-state index is 13.3. The van der Waals surface area contributed by atoms with Gasteiger partial charge in [0.25, 0.3) is 0 Å². The van der Waals surface area contributed by atoms with E-state index in [-0.39, 0.29) is 18.5 Å². The van der Waals surface area contributed by atoms with Crippen molar-refractivity contribution in [2.45, 2.75) is 26.0 Å². The fourth-order valence-corrected chi connectivity index (χ4v) is 1.32. The fourth-order valence-electron chi connectivity index (χ4n) is 1.10. The molecule has 0 saturated carbocycles. The van der Waals surface area contributed by atoms with Gasteiger partial charge in [-0.3, -0.25) is 0 Å². The predicted molar refractivity (Wildman–Crippen MR) is 59.3 cm³/mol. The molecule has 0 aliphatic carbocycles. The van der Waals surface area contributed by atoms with Crippen molar-refractivity contribution in [2.24, 2.45) is 5.73 Å². The number of benzene rings is 1. The van der Waals surface area contributed by atoms with E-state index in [0.29, 0.717) is 17.2 Å². The van der Waals surface area contributed by atoms with Gasteiger partial charge in [-0.25, -0.2) is 4.39 Å². The maximum Gasteiger partial charge on any atom is 0.130 e. The molecule has 1 aromatic rings. The molecule has 0 amide bonds. The van der Waals surface area contributed by atoms with Crippen LogP contribution < -0.4 is 5.73 Å². The topological polar surface area (TPSA) is 35.2 Å². The molecule has 0 aromatic heterocycles. The van der Waals surface area contributed by atoms with E-state index in [1.807, 2.05) is 6.92 Å². The third kappa shape index (κ3) is 3.78. The molecule has 2 N–H and O–H groups in total. The summed E-state index contributed by atoms with van der Waals surface area (Å²) < 4.78 is 18.5. The molecule has 0 saturated heterocycles. The van der Waals surface area contributed by atoms with E-state index in [1.165, 1.54) is 6.07 Å². The first-order valence-electron chi connectivity index (χ1n) is 4.91. The fraction of sp³-hybridized carbons (Fsp3) is 0.455. The Balaban J connectivity index is 2.50. The van der Waals surface area contributed by atoms with E-state index in [2.05, 4.69) is 0 Å². The lowest BCUT2D eigenvalue weighted by molar-refractivity contribution is 0.105. The van der Waals surface area contributed by atoms with Crippen molar-refractivity contribution in [1.82, 2.24) is 0 Å². The highest BCUT2D eigenvalue weighted by molar-refractivity contribution is 6.31. The zero-order valence-electron chi connectivity index (χ0n) is 8.67. The van der Waals surface area contributed by atoms with Gasteiger partial charge in [0.05, 0.1) is 13.2 Å². The van der Waals surface area contributed by atoms with E-state index in [0.717, 1.165) is 6.42 Å². The predicted octanol–water partition coefficient (Wildman–Crippen LogP) is 2.73. The van der Waals surface area contributed by atoms with Crippen LogP contribution in [0, 0.1) is 5.82 Å². The molecule has 0 radical (unpaired) electrons. The normalized spacial score (nSPS) is 12.8. The molecule has 0 aliphatic rings. The molecule has 1 rings (SSSR count). The Kier molecular flexibility index (Phi) is 5.02. The summed E-state index contributed by atoms with van der Waals surface area (Å²) >= 11 is 5.83. The van der Waals surface area contributed by atoms with Crippen LogP contribution in [0.25, 0.3) is 0 Å². The highest BCUT2D eigenvalue weighted by atomic mass is 35.5. The molecular weight excluding hydrogens is 217 g/mol. The summed E-state index contributed by atoms with van der Waals surface area (Å²) in [7, 11) is 0. The van der Waals surface area contributed by atoms with Crippen molar-refractivity contribution in [1.29, 1.82) is 0 Å². The summed E-state index contributed by atoms with van der Waals surface area (Å²) in [5.41, 5.74) is 6.05. The lowest BCUT2D eigenvalue weighted by Gasteiger charge is -2.10. The molecular formula is C11H15ClFNO.